The van der Waals surface area contributed by atoms with Crippen molar-refractivity contribution in [3.8, 4) is 11.5 Å². The molecular weight excluding hydrogens is 275 g/mol. The first-order valence-electron chi connectivity index (χ1n) is 5.02. The van der Waals surface area contributed by atoms with Crippen LogP contribution in [0.4, 0.5) is 0 Å². The predicted octanol–water partition coefficient (Wildman–Crippen LogP) is 4.48. The molecule has 2 aromatic rings. The topological polar surface area (TPSA) is 46.5 Å². The zero-order valence-corrected chi connectivity index (χ0v) is 10.6. The normalized spacial score (nSPS) is 10.1. The summed E-state index contributed by atoms with van der Waals surface area (Å²) < 4.78 is 5.52. The molecule has 0 aliphatic rings. The van der Waals surface area contributed by atoms with Crippen LogP contribution in [0.2, 0.25) is 10.0 Å². The van der Waals surface area contributed by atoms with E-state index in [1.54, 1.807) is 30.3 Å². The highest BCUT2D eigenvalue weighted by molar-refractivity contribution is 6.34. The molecule has 0 saturated heterocycles. The second-order valence-electron chi connectivity index (χ2n) is 3.51. The number of carboxylic acid groups (broad SMARTS) is 1. The van der Waals surface area contributed by atoms with E-state index in [9.17, 15) is 4.79 Å². The number of rotatable bonds is 3. The predicted molar refractivity (Wildman–Crippen MR) is 69.9 cm³/mol. The number of hydrogen-bond acceptors (Lipinski definition) is 2. The molecule has 0 radical (unpaired) electrons. The molecule has 0 aliphatic heterocycles. The molecule has 2 aromatic carbocycles. The van der Waals surface area contributed by atoms with E-state index in [2.05, 4.69) is 0 Å². The Morgan fingerprint density at radius 2 is 1.72 bits per heavy atom. The van der Waals surface area contributed by atoms with Crippen LogP contribution in [0, 0.1) is 0 Å². The minimum absolute atomic E-state index is 0.194. The van der Waals surface area contributed by atoms with Crippen LogP contribution in [0.15, 0.2) is 42.5 Å². The summed E-state index contributed by atoms with van der Waals surface area (Å²) in [6.45, 7) is 0. The van der Waals surface area contributed by atoms with Gasteiger partial charge in [-0.3, -0.25) is 0 Å². The monoisotopic (exact) mass is 282 g/mol. The molecule has 18 heavy (non-hydrogen) atoms. The van der Waals surface area contributed by atoms with Crippen LogP contribution in [0.3, 0.4) is 0 Å². The summed E-state index contributed by atoms with van der Waals surface area (Å²) >= 11 is 11.8. The Hall–Kier alpha value is -1.71. The number of hydrogen-bond donors (Lipinski definition) is 1. The number of aromatic carboxylic acids is 1. The molecule has 0 unspecified atom stereocenters. The van der Waals surface area contributed by atoms with E-state index in [0.717, 1.165) is 0 Å². The van der Waals surface area contributed by atoms with Crippen molar-refractivity contribution in [3.05, 3.63) is 58.1 Å². The lowest BCUT2D eigenvalue weighted by molar-refractivity contribution is 0.0697. The molecule has 0 fully saturated rings. The standard InChI is InChI=1S/C13H8Cl2O3/c14-9-3-6-11(15)12(7-9)18-10-4-1-8(2-5-10)13(16)17/h1-7H,(H,16,17). The minimum atomic E-state index is -0.984. The van der Waals surface area contributed by atoms with E-state index in [1.807, 2.05) is 0 Å². The fourth-order valence-corrected chi connectivity index (χ4v) is 1.67. The first-order chi connectivity index (χ1) is 8.56. The molecule has 0 amide bonds. The van der Waals surface area contributed by atoms with Crippen molar-refractivity contribution in [2.24, 2.45) is 0 Å². The third kappa shape index (κ3) is 2.94. The van der Waals surface area contributed by atoms with Gasteiger partial charge in [-0.15, -0.1) is 0 Å². The van der Waals surface area contributed by atoms with Gasteiger partial charge in [-0.2, -0.15) is 0 Å². The Morgan fingerprint density at radius 1 is 1.06 bits per heavy atom. The highest BCUT2D eigenvalue weighted by Crippen LogP contribution is 2.31. The van der Waals surface area contributed by atoms with Crippen molar-refractivity contribution in [2.75, 3.05) is 0 Å². The van der Waals surface area contributed by atoms with Gasteiger partial charge in [-0.1, -0.05) is 23.2 Å². The summed E-state index contributed by atoms with van der Waals surface area (Å²) in [4.78, 5) is 10.7. The maximum atomic E-state index is 10.7. The van der Waals surface area contributed by atoms with E-state index in [0.29, 0.717) is 21.5 Å². The van der Waals surface area contributed by atoms with Gasteiger partial charge in [0.25, 0.3) is 0 Å². The van der Waals surface area contributed by atoms with Crippen LogP contribution in [-0.2, 0) is 0 Å². The Morgan fingerprint density at radius 3 is 2.33 bits per heavy atom. The van der Waals surface area contributed by atoms with Crippen LogP contribution in [0.1, 0.15) is 10.4 Å². The van der Waals surface area contributed by atoms with Gasteiger partial charge in [0.15, 0.2) is 0 Å². The van der Waals surface area contributed by atoms with Crippen LogP contribution in [0.25, 0.3) is 0 Å². The van der Waals surface area contributed by atoms with Crippen LogP contribution < -0.4 is 4.74 Å². The van der Waals surface area contributed by atoms with Crippen molar-refractivity contribution < 1.29 is 14.6 Å². The Kier molecular flexibility index (Phi) is 3.75. The van der Waals surface area contributed by atoms with Gasteiger partial charge < -0.3 is 9.84 Å². The third-order valence-electron chi connectivity index (χ3n) is 2.22. The van der Waals surface area contributed by atoms with Crippen molar-refractivity contribution in [3.63, 3.8) is 0 Å². The van der Waals surface area contributed by atoms with Crippen molar-refractivity contribution in [1.29, 1.82) is 0 Å². The minimum Gasteiger partial charge on any atom is -0.478 e. The molecule has 3 nitrogen and oxygen atoms in total. The number of carbonyl (C=O) groups is 1. The molecule has 0 saturated carbocycles. The molecule has 0 aromatic heterocycles. The maximum absolute atomic E-state index is 10.7. The van der Waals surface area contributed by atoms with Gasteiger partial charge in [-0.25, -0.2) is 4.79 Å². The second kappa shape index (κ2) is 5.29. The van der Waals surface area contributed by atoms with E-state index in [-0.39, 0.29) is 5.56 Å². The van der Waals surface area contributed by atoms with E-state index in [4.69, 9.17) is 33.0 Å². The summed E-state index contributed by atoms with van der Waals surface area (Å²) in [5.41, 5.74) is 0.194. The summed E-state index contributed by atoms with van der Waals surface area (Å²) in [5, 5.41) is 9.71. The fourth-order valence-electron chi connectivity index (χ4n) is 1.35. The molecule has 92 valence electrons. The fraction of sp³-hybridized carbons (Fsp3) is 0. The summed E-state index contributed by atoms with van der Waals surface area (Å²) in [5.74, 6) is -0.0706. The first kappa shape index (κ1) is 12.7. The molecule has 2 rings (SSSR count). The largest absolute Gasteiger partial charge is 0.478 e. The maximum Gasteiger partial charge on any atom is 0.335 e. The summed E-state index contributed by atoms with van der Waals surface area (Å²) in [6, 6.07) is 10.9. The quantitative estimate of drug-likeness (QED) is 0.903. The number of halogens is 2. The number of benzene rings is 2. The Labute approximate surface area is 114 Å². The molecule has 0 spiro atoms. The van der Waals surface area contributed by atoms with Crippen LogP contribution in [-0.4, -0.2) is 11.1 Å². The van der Waals surface area contributed by atoms with Crippen molar-refractivity contribution in [1.82, 2.24) is 0 Å². The Balaban J connectivity index is 2.23. The van der Waals surface area contributed by atoms with E-state index < -0.39 is 5.97 Å². The van der Waals surface area contributed by atoms with Crippen LogP contribution in [0.5, 0.6) is 11.5 Å². The summed E-state index contributed by atoms with van der Waals surface area (Å²) in [7, 11) is 0. The van der Waals surface area contributed by atoms with Gasteiger partial charge >= 0.3 is 5.97 Å². The molecular formula is C13H8Cl2O3. The third-order valence-corrected chi connectivity index (χ3v) is 2.77. The summed E-state index contributed by atoms with van der Waals surface area (Å²) in [6.07, 6.45) is 0. The first-order valence-corrected chi connectivity index (χ1v) is 5.78. The highest BCUT2D eigenvalue weighted by Gasteiger charge is 2.06. The van der Waals surface area contributed by atoms with Crippen LogP contribution >= 0.6 is 23.2 Å². The zero-order chi connectivity index (χ0) is 13.1. The van der Waals surface area contributed by atoms with Gasteiger partial charge in [0.05, 0.1) is 10.6 Å². The molecule has 1 N–H and O–H groups in total. The lowest BCUT2D eigenvalue weighted by Crippen LogP contribution is -1.95. The molecule has 0 atom stereocenters. The van der Waals surface area contributed by atoms with Gasteiger partial charge in [-0.05, 0) is 36.4 Å². The average molecular weight is 283 g/mol. The molecule has 0 bridgehead atoms. The number of carboxylic acids is 1. The lowest BCUT2D eigenvalue weighted by atomic mass is 10.2. The lowest BCUT2D eigenvalue weighted by Gasteiger charge is -2.08. The van der Waals surface area contributed by atoms with Crippen molar-refractivity contribution >= 4 is 29.2 Å². The van der Waals surface area contributed by atoms with E-state index in [1.165, 1.54) is 12.1 Å². The van der Waals surface area contributed by atoms with Gasteiger partial charge in [0.1, 0.15) is 11.5 Å². The number of ether oxygens (including phenoxy) is 1. The van der Waals surface area contributed by atoms with Gasteiger partial charge in [0, 0.05) is 11.1 Å². The zero-order valence-electron chi connectivity index (χ0n) is 9.06. The second-order valence-corrected chi connectivity index (χ2v) is 4.35. The molecule has 0 aliphatic carbocycles. The SMILES string of the molecule is O=C(O)c1ccc(Oc2cc(Cl)ccc2Cl)cc1. The van der Waals surface area contributed by atoms with Gasteiger partial charge in [0.2, 0.25) is 0 Å². The Bertz CT molecular complexity index is 579. The highest BCUT2D eigenvalue weighted by atomic mass is 35.5. The molecule has 5 heteroatoms. The smallest absolute Gasteiger partial charge is 0.335 e. The van der Waals surface area contributed by atoms with Crippen molar-refractivity contribution in [2.45, 2.75) is 0 Å². The molecule has 0 heterocycles. The average Bonchev–Trinajstić information content (AvgIpc) is 2.34. The van der Waals surface area contributed by atoms with E-state index >= 15 is 0 Å².